The van der Waals surface area contributed by atoms with Gasteiger partial charge in [-0.2, -0.15) is 0 Å². The van der Waals surface area contributed by atoms with Gasteiger partial charge in [0, 0.05) is 19.3 Å². The van der Waals surface area contributed by atoms with Crippen molar-refractivity contribution in [3.8, 4) is 0 Å². The van der Waals surface area contributed by atoms with Crippen LogP contribution in [0.4, 0.5) is 0 Å². The molecular weight excluding hydrogens is 721 g/mol. The van der Waals surface area contributed by atoms with Gasteiger partial charge >= 0.3 is 17.9 Å². The molecule has 6 heteroatoms. The second-order valence-electron chi connectivity index (χ2n) is 17.1. The largest absolute Gasteiger partial charge is 0.462 e. The predicted molar refractivity (Wildman–Crippen MR) is 247 cm³/mol. The summed E-state index contributed by atoms with van der Waals surface area (Å²) < 4.78 is 16.7. The number of carbonyl (C=O) groups is 3. The molecule has 0 saturated heterocycles. The van der Waals surface area contributed by atoms with Gasteiger partial charge in [-0.05, 0) is 44.9 Å². The molecule has 6 nitrogen and oxygen atoms in total. The molecule has 0 rings (SSSR count). The van der Waals surface area contributed by atoms with Crippen LogP contribution >= 0.6 is 0 Å². The van der Waals surface area contributed by atoms with Crippen LogP contribution in [-0.4, -0.2) is 37.2 Å². The summed E-state index contributed by atoms with van der Waals surface area (Å²) >= 11 is 0. The Kier molecular flexibility index (Phi) is 45.8. The van der Waals surface area contributed by atoms with E-state index in [0.717, 1.165) is 83.5 Å². The minimum Gasteiger partial charge on any atom is -0.462 e. The summed E-state index contributed by atoms with van der Waals surface area (Å²) in [5.74, 6) is -0.877. The minimum absolute atomic E-state index is 0.0725. The first-order chi connectivity index (χ1) is 28.5. The molecule has 0 bridgehead atoms. The van der Waals surface area contributed by atoms with E-state index in [2.05, 4.69) is 45.1 Å². The fourth-order valence-electron chi connectivity index (χ4n) is 7.34. The van der Waals surface area contributed by atoms with Gasteiger partial charge in [0.25, 0.3) is 0 Å². The van der Waals surface area contributed by atoms with Crippen LogP contribution in [0.2, 0.25) is 0 Å². The van der Waals surface area contributed by atoms with Crippen LogP contribution in [-0.2, 0) is 28.6 Å². The Labute approximate surface area is 360 Å². The molecule has 0 aliphatic carbocycles. The number of esters is 3. The average molecular weight is 817 g/mol. The monoisotopic (exact) mass is 817 g/mol. The first-order valence-corrected chi connectivity index (χ1v) is 25.3. The van der Waals surface area contributed by atoms with Crippen molar-refractivity contribution in [3.63, 3.8) is 0 Å². The molecule has 0 aliphatic heterocycles. The highest BCUT2D eigenvalue weighted by Crippen LogP contribution is 2.16. The van der Waals surface area contributed by atoms with Crippen molar-refractivity contribution >= 4 is 17.9 Å². The quantitative estimate of drug-likeness (QED) is 0.0263. The van der Waals surface area contributed by atoms with Crippen LogP contribution in [0.15, 0.2) is 24.3 Å². The highest BCUT2D eigenvalue weighted by molar-refractivity contribution is 5.71. The van der Waals surface area contributed by atoms with Crippen LogP contribution in [0.25, 0.3) is 0 Å². The van der Waals surface area contributed by atoms with Crippen molar-refractivity contribution in [2.24, 2.45) is 0 Å². The highest BCUT2D eigenvalue weighted by atomic mass is 16.6. The lowest BCUT2D eigenvalue weighted by atomic mass is 10.0. The summed E-state index contributed by atoms with van der Waals surface area (Å²) in [6.07, 6.45) is 53.0. The standard InChI is InChI=1S/C52H96O6/c1-4-7-10-13-16-19-21-23-25-26-27-29-30-33-36-39-42-45-51(54)57-48-49(47-56-50(53)44-41-38-35-32-18-15-12-9-6-3)58-52(55)46-43-40-37-34-31-28-24-22-20-17-14-11-8-5-2/h14,17,22,24,49H,4-13,15-16,18-21,23,25-48H2,1-3H3/b17-14-,24-22-. The van der Waals surface area contributed by atoms with Gasteiger partial charge in [0.2, 0.25) is 0 Å². The molecular formula is C52H96O6. The van der Waals surface area contributed by atoms with Gasteiger partial charge in [-0.15, -0.1) is 0 Å². The van der Waals surface area contributed by atoms with Crippen LogP contribution in [0.3, 0.4) is 0 Å². The van der Waals surface area contributed by atoms with E-state index in [9.17, 15) is 14.4 Å². The van der Waals surface area contributed by atoms with E-state index in [1.54, 1.807) is 0 Å². The number of ether oxygens (including phenoxy) is 3. The van der Waals surface area contributed by atoms with Gasteiger partial charge in [-0.1, -0.05) is 231 Å². The lowest BCUT2D eigenvalue weighted by molar-refractivity contribution is -0.167. The van der Waals surface area contributed by atoms with E-state index >= 15 is 0 Å². The Balaban J connectivity index is 4.29. The van der Waals surface area contributed by atoms with E-state index in [1.165, 1.54) is 148 Å². The molecule has 0 N–H and O–H groups in total. The zero-order chi connectivity index (χ0) is 42.3. The van der Waals surface area contributed by atoms with E-state index in [4.69, 9.17) is 14.2 Å². The average Bonchev–Trinajstić information content (AvgIpc) is 3.22. The van der Waals surface area contributed by atoms with Crippen molar-refractivity contribution in [1.29, 1.82) is 0 Å². The van der Waals surface area contributed by atoms with E-state index in [0.29, 0.717) is 19.3 Å². The summed E-state index contributed by atoms with van der Waals surface area (Å²) in [5, 5.41) is 0. The lowest BCUT2D eigenvalue weighted by Gasteiger charge is -2.18. The molecule has 340 valence electrons. The zero-order valence-corrected chi connectivity index (χ0v) is 38.8. The Morgan fingerprint density at radius 1 is 0.345 bits per heavy atom. The summed E-state index contributed by atoms with van der Waals surface area (Å²) in [5.41, 5.74) is 0. The molecule has 0 spiro atoms. The molecule has 1 unspecified atom stereocenters. The molecule has 0 aromatic carbocycles. The summed E-state index contributed by atoms with van der Waals surface area (Å²) in [4.78, 5) is 37.8. The maximum Gasteiger partial charge on any atom is 0.306 e. The number of carbonyl (C=O) groups excluding carboxylic acids is 3. The molecule has 0 radical (unpaired) electrons. The van der Waals surface area contributed by atoms with Gasteiger partial charge in [-0.25, -0.2) is 0 Å². The van der Waals surface area contributed by atoms with Crippen LogP contribution < -0.4 is 0 Å². The first-order valence-electron chi connectivity index (χ1n) is 25.3. The van der Waals surface area contributed by atoms with Crippen molar-refractivity contribution in [1.82, 2.24) is 0 Å². The Morgan fingerprint density at radius 2 is 0.638 bits per heavy atom. The summed E-state index contributed by atoms with van der Waals surface area (Å²) in [7, 11) is 0. The maximum absolute atomic E-state index is 12.7. The second kappa shape index (κ2) is 47.6. The fraction of sp³-hybridized carbons (Fsp3) is 0.865. The van der Waals surface area contributed by atoms with Crippen LogP contribution in [0, 0.1) is 0 Å². The second-order valence-corrected chi connectivity index (χ2v) is 17.1. The van der Waals surface area contributed by atoms with Crippen LogP contribution in [0.5, 0.6) is 0 Å². The SMILES string of the molecule is CCCC/C=C\C/C=C\CCCCCCCC(=O)OC(COC(=O)CCCCCCCCCCC)COC(=O)CCCCCCCCCCCCCCCCCCC. The number of hydrogen-bond donors (Lipinski definition) is 0. The molecule has 0 aromatic heterocycles. The third kappa shape index (κ3) is 45.0. The molecule has 58 heavy (non-hydrogen) atoms. The normalized spacial score (nSPS) is 12.1. The van der Waals surface area contributed by atoms with Crippen molar-refractivity contribution < 1.29 is 28.6 Å². The molecule has 0 amide bonds. The highest BCUT2D eigenvalue weighted by Gasteiger charge is 2.19. The molecule has 0 saturated carbocycles. The number of allylic oxidation sites excluding steroid dienone is 4. The van der Waals surface area contributed by atoms with Gasteiger partial charge in [0.15, 0.2) is 6.10 Å². The van der Waals surface area contributed by atoms with E-state index in [-0.39, 0.29) is 31.1 Å². The molecule has 1 atom stereocenters. The molecule has 0 aliphatic rings. The van der Waals surface area contributed by atoms with Gasteiger partial charge in [-0.3, -0.25) is 14.4 Å². The van der Waals surface area contributed by atoms with Gasteiger partial charge in [0.05, 0.1) is 0 Å². The van der Waals surface area contributed by atoms with Gasteiger partial charge < -0.3 is 14.2 Å². The Hall–Kier alpha value is -2.11. The smallest absolute Gasteiger partial charge is 0.306 e. The first kappa shape index (κ1) is 55.9. The molecule has 0 fully saturated rings. The number of rotatable bonds is 46. The summed E-state index contributed by atoms with van der Waals surface area (Å²) in [6.45, 7) is 6.59. The third-order valence-electron chi connectivity index (χ3n) is 11.2. The number of unbranched alkanes of at least 4 members (excludes halogenated alkanes) is 31. The van der Waals surface area contributed by atoms with E-state index in [1.807, 2.05) is 0 Å². The lowest BCUT2D eigenvalue weighted by Crippen LogP contribution is -2.30. The van der Waals surface area contributed by atoms with Gasteiger partial charge in [0.1, 0.15) is 13.2 Å². The van der Waals surface area contributed by atoms with Crippen molar-refractivity contribution in [3.05, 3.63) is 24.3 Å². The topological polar surface area (TPSA) is 78.9 Å². The predicted octanol–water partition coefficient (Wildman–Crippen LogP) is 16.4. The number of hydrogen-bond acceptors (Lipinski definition) is 6. The molecule has 0 aromatic rings. The maximum atomic E-state index is 12.7. The Morgan fingerprint density at radius 3 is 1.00 bits per heavy atom. The Bertz CT molecular complexity index is 942. The third-order valence-corrected chi connectivity index (χ3v) is 11.2. The van der Waals surface area contributed by atoms with E-state index < -0.39 is 6.10 Å². The van der Waals surface area contributed by atoms with Crippen molar-refractivity contribution in [2.75, 3.05) is 13.2 Å². The van der Waals surface area contributed by atoms with Crippen LogP contribution in [0.1, 0.15) is 271 Å². The minimum atomic E-state index is -0.771. The fourth-order valence-corrected chi connectivity index (χ4v) is 7.34. The molecule has 0 heterocycles. The summed E-state index contributed by atoms with van der Waals surface area (Å²) in [6, 6.07) is 0. The van der Waals surface area contributed by atoms with Crippen molar-refractivity contribution in [2.45, 2.75) is 277 Å². The zero-order valence-electron chi connectivity index (χ0n) is 38.8.